The Kier molecular flexibility index (Phi) is 4.50. The van der Waals surface area contributed by atoms with E-state index in [0.29, 0.717) is 0 Å². The van der Waals surface area contributed by atoms with Crippen molar-refractivity contribution in [1.82, 2.24) is 6.15 Å². The lowest BCUT2D eigenvalue weighted by Crippen LogP contribution is -2.03. The Bertz CT molecular complexity index is 184. The Morgan fingerprint density at radius 1 is 1.27 bits per heavy atom. The Morgan fingerprint density at radius 2 is 1.82 bits per heavy atom. The Hall–Kier alpha value is -0.860. The van der Waals surface area contributed by atoms with Gasteiger partial charge in [0.25, 0.3) is 0 Å². The normalized spacial score (nSPS) is 11.8. The van der Waals surface area contributed by atoms with Crippen molar-refractivity contribution < 1.29 is 5.11 Å². The van der Waals surface area contributed by atoms with Crippen LogP contribution < -0.4 is 6.15 Å². The molecule has 4 N–H and O–H groups in total. The van der Waals surface area contributed by atoms with E-state index in [0.717, 1.165) is 6.42 Å². The molecule has 0 heterocycles. The molecule has 0 saturated carbocycles. The van der Waals surface area contributed by atoms with Crippen molar-refractivity contribution >= 4 is 0 Å². The fraction of sp³-hybridized carbons (Fsp3) is 0.333. The van der Waals surface area contributed by atoms with Crippen molar-refractivity contribution in [2.45, 2.75) is 19.4 Å². The third-order valence-corrected chi connectivity index (χ3v) is 1.37. The highest BCUT2D eigenvalue weighted by atomic mass is 16.3. The molecule has 1 unspecified atom stereocenters. The second kappa shape index (κ2) is 4.88. The van der Waals surface area contributed by atoms with E-state index in [1.807, 2.05) is 30.3 Å². The van der Waals surface area contributed by atoms with Gasteiger partial charge in [0.05, 0.1) is 6.10 Å². The van der Waals surface area contributed by atoms with Gasteiger partial charge in [-0.15, -0.1) is 0 Å². The van der Waals surface area contributed by atoms with Gasteiger partial charge in [-0.25, -0.2) is 0 Å². The molecule has 1 aromatic carbocycles. The molecule has 0 aliphatic rings. The van der Waals surface area contributed by atoms with Gasteiger partial charge in [-0.05, 0) is 18.9 Å². The van der Waals surface area contributed by atoms with Crippen molar-refractivity contribution in [2.75, 3.05) is 0 Å². The van der Waals surface area contributed by atoms with E-state index in [9.17, 15) is 0 Å². The zero-order chi connectivity index (χ0) is 7.40. The van der Waals surface area contributed by atoms with Gasteiger partial charge < -0.3 is 11.3 Å². The summed E-state index contributed by atoms with van der Waals surface area (Å²) in [5.41, 5.74) is 1.19. The lowest BCUT2D eigenvalue weighted by molar-refractivity contribution is 0.195. The summed E-state index contributed by atoms with van der Waals surface area (Å²) in [6.45, 7) is 1.80. The fourth-order valence-electron chi connectivity index (χ4n) is 0.955. The van der Waals surface area contributed by atoms with E-state index in [1.54, 1.807) is 6.92 Å². The van der Waals surface area contributed by atoms with E-state index in [-0.39, 0.29) is 12.3 Å². The topological polar surface area (TPSA) is 55.2 Å². The molecule has 0 bridgehead atoms. The third-order valence-electron chi connectivity index (χ3n) is 1.37. The summed E-state index contributed by atoms with van der Waals surface area (Å²) < 4.78 is 0. The molecule has 0 aliphatic heterocycles. The molecule has 0 aromatic heterocycles. The number of hydrogen-bond donors (Lipinski definition) is 2. The molecule has 62 valence electrons. The Balaban J connectivity index is 0.000001000. The van der Waals surface area contributed by atoms with Crippen LogP contribution in [0.15, 0.2) is 30.3 Å². The van der Waals surface area contributed by atoms with Crippen LogP contribution in [0.1, 0.15) is 12.5 Å². The number of hydrogen-bond acceptors (Lipinski definition) is 2. The molecule has 0 saturated heterocycles. The van der Waals surface area contributed by atoms with Gasteiger partial charge in [0.1, 0.15) is 0 Å². The van der Waals surface area contributed by atoms with Crippen LogP contribution in [0.3, 0.4) is 0 Å². The summed E-state index contributed by atoms with van der Waals surface area (Å²) in [5, 5.41) is 9.01. The largest absolute Gasteiger partial charge is 0.393 e. The SMILES string of the molecule is CC(O)Cc1ccccc1.N. The van der Waals surface area contributed by atoms with Gasteiger partial charge in [-0.3, -0.25) is 0 Å². The van der Waals surface area contributed by atoms with E-state index in [4.69, 9.17) is 5.11 Å². The van der Waals surface area contributed by atoms with Crippen molar-refractivity contribution in [3.05, 3.63) is 35.9 Å². The monoisotopic (exact) mass is 153 g/mol. The lowest BCUT2D eigenvalue weighted by Gasteiger charge is -2.01. The van der Waals surface area contributed by atoms with E-state index in [1.165, 1.54) is 5.56 Å². The molecule has 1 aromatic rings. The number of aliphatic hydroxyl groups is 1. The van der Waals surface area contributed by atoms with Gasteiger partial charge in [-0.2, -0.15) is 0 Å². The maximum Gasteiger partial charge on any atom is 0.0552 e. The summed E-state index contributed by atoms with van der Waals surface area (Å²) >= 11 is 0. The minimum absolute atomic E-state index is 0. The highest BCUT2D eigenvalue weighted by molar-refractivity contribution is 5.15. The molecule has 0 aliphatic carbocycles. The van der Waals surface area contributed by atoms with Crippen molar-refractivity contribution in [3.8, 4) is 0 Å². The molecule has 2 heteroatoms. The molecular formula is C9H15NO. The standard InChI is InChI=1S/C9H12O.H3N/c1-8(10)7-9-5-3-2-4-6-9;/h2-6,8,10H,7H2,1H3;1H3. The van der Waals surface area contributed by atoms with Gasteiger partial charge in [0.2, 0.25) is 0 Å². The number of benzene rings is 1. The van der Waals surface area contributed by atoms with Crippen LogP contribution in [0.25, 0.3) is 0 Å². The first-order valence-electron chi connectivity index (χ1n) is 3.51. The van der Waals surface area contributed by atoms with Crippen LogP contribution in [-0.4, -0.2) is 11.2 Å². The molecule has 11 heavy (non-hydrogen) atoms. The smallest absolute Gasteiger partial charge is 0.0552 e. The lowest BCUT2D eigenvalue weighted by atomic mass is 10.1. The number of rotatable bonds is 2. The number of aliphatic hydroxyl groups excluding tert-OH is 1. The zero-order valence-electron chi connectivity index (χ0n) is 6.83. The van der Waals surface area contributed by atoms with E-state index >= 15 is 0 Å². The van der Waals surface area contributed by atoms with Crippen LogP contribution in [0, 0.1) is 0 Å². The van der Waals surface area contributed by atoms with Crippen molar-refractivity contribution in [2.24, 2.45) is 0 Å². The maximum absolute atomic E-state index is 9.01. The van der Waals surface area contributed by atoms with E-state index < -0.39 is 0 Å². The molecule has 1 rings (SSSR count). The fourth-order valence-corrected chi connectivity index (χ4v) is 0.955. The van der Waals surface area contributed by atoms with Gasteiger partial charge in [0.15, 0.2) is 0 Å². The molecule has 0 amide bonds. The summed E-state index contributed by atoms with van der Waals surface area (Å²) in [7, 11) is 0. The second-order valence-electron chi connectivity index (χ2n) is 2.54. The zero-order valence-corrected chi connectivity index (χ0v) is 6.83. The maximum atomic E-state index is 9.01. The first-order valence-corrected chi connectivity index (χ1v) is 3.51. The molecule has 2 nitrogen and oxygen atoms in total. The summed E-state index contributed by atoms with van der Waals surface area (Å²) in [6, 6.07) is 9.99. The van der Waals surface area contributed by atoms with Gasteiger partial charge in [-0.1, -0.05) is 30.3 Å². The second-order valence-corrected chi connectivity index (χ2v) is 2.54. The van der Waals surface area contributed by atoms with Crippen LogP contribution >= 0.6 is 0 Å². The minimum Gasteiger partial charge on any atom is -0.393 e. The third kappa shape index (κ3) is 3.75. The van der Waals surface area contributed by atoms with Crippen molar-refractivity contribution in [3.63, 3.8) is 0 Å². The van der Waals surface area contributed by atoms with Crippen LogP contribution in [0.2, 0.25) is 0 Å². The van der Waals surface area contributed by atoms with Crippen LogP contribution in [0.5, 0.6) is 0 Å². The predicted molar refractivity (Wildman–Crippen MR) is 46.8 cm³/mol. The van der Waals surface area contributed by atoms with Gasteiger partial charge in [0, 0.05) is 0 Å². The van der Waals surface area contributed by atoms with Crippen LogP contribution in [-0.2, 0) is 6.42 Å². The summed E-state index contributed by atoms with van der Waals surface area (Å²) in [6.07, 6.45) is 0.517. The first-order chi connectivity index (χ1) is 4.79. The molecule has 0 fully saturated rings. The molecule has 1 atom stereocenters. The summed E-state index contributed by atoms with van der Waals surface area (Å²) in [4.78, 5) is 0. The van der Waals surface area contributed by atoms with Crippen molar-refractivity contribution in [1.29, 1.82) is 0 Å². The van der Waals surface area contributed by atoms with E-state index in [2.05, 4.69) is 0 Å². The highest BCUT2D eigenvalue weighted by Crippen LogP contribution is 2.01. The minimum atomic E-state index is -0.234. The average Bonchev–Trinajstić information content (AvgIpc) is 1.88. The average molecular weight is 153 g/mol. The summed E-state index contributed by atoms with van der Waals surface area (Å²) in [5.74, 6) is 0. The molecule has 0 spiro atoms. The Labute approximate surface area is 67.5 Å². The Morgan fingerprint density at radius 3 is 2.27 bits per heavy atom. The van der Waals surface area contributed by atoms with Crippen LogP contribution in [0.4, 0.5) is 0 Å². The molecular weight excluding hydrogens is 138 g/mol. The first kappa shape index (κ1) is 10.1. The quantitative estimate of drug-likeness (QED) is 0.680. The van der Waals surface area contributed by atoms with Gasteiger partial charge >= 0.3 is 0 Å². The molecule has 0 radical (unpaired) electrons. The highest BCUT2D eigenvalue weighted by Gasteiger charge is 1.95. The predicted octanol–water partition coefficient (Wildman–Crippen LogP) is 1.77.